The number of rotatable bonds is 4. The summed E-state index contributed by atoms with van der Waals surface area (Å²) < 4.78 is 0. The minimum absolute atomic E-state index is 0.333. The van der Waals surface area contributed by atoms with Crippen molar-refractivity contribution in [2.75, 3.05) is 0 Å². The van der Waals surface area contributed by atoms with E-state index in [1.165, 1.54) is 25.7 Å². The normalized spacial score (nSPS) is 13.2. The van der Waals surface area contributed by atoms with E-state index in [9.17, 15) is 0 Å². The summed E-state index contributed by atoms with van der Waals surface area (Å²) >= 11 is -1.33. The van der Waals surface area contributed by atoms with E-state index in [1.54, 1.807) is 20.8 Å². The van der Waals surface area contributed by atoms with Crippen LogP contribution in [0.5, 0.6) is 0 Å². The molecular formula is C24H56Ge4Si2. The third kappa shape index (κ3) is 37.4. The Kier molecular flexibility index (Phi) is 35.8. The fourth-order valence-electron chi connectivity index (χ4n) is 1.87. The standard InChI is InChI=1S/C12H20Si2.4C3H9Ge/c1-5-9-10(6-2)14-12(8-4)11(7-3)13-9;4*1-4(2)3/h5-8H2,1-4H3;4*1-3H3. The molecule has 0 nitrogen and oxygen atoms in total. The van der Waals surface area contributed by atoms with Gasteiger partial charge in [0.15, 0.2) is 0 Å². The van der Waals surface area contributed by atoms with Crippen LogP contribution in [0, 0.1) is 0 Å². The maximum atomic E-state index is 2.33. The van der Waals surface area contributed by atoms with Gasteiger partial charge in [-0.1, -0.05) is 48.5 Å². The van der Waals surface area contributed by atoms with E-state index in [4.69, 9.17) is 0 Å². The molecule has 0 aliphatic carbocycles. The molecule has 0 aromatic carbocycles. The molecule has 0 N–H and O–H groups in total. The van der Waals surface area contributed by atoms with Gasteiger partial charge >= 0.3 is 126 Å². The molecule has 1 aliphatic heterocycles. The van der Waals surface area contributed by atoms with Gasteiger partial charge in [-0.05, 0) is 25.7 Å². The van der Waals surface area contributed by atoms with Crippen LogP contribution in [-0.2, 0) is 0 Å². The van der Waals surface area contributed by atoms with Gasteiger partial charge in [0.1, 0.15) is 19.0 Å². The van der Waals surface area contributed by atoms with E-state index >= 15 is 0 Å². The molecule has 0 fully saturated rings. The second kappa shape index (κ2) is 27.3. The van der Waals surface area contributed by atoms with Crippen LogP contribution in [0.2, 0.25) is 69.1 Å². The van der Waals surface area contributed by atoms with Crippen LogP contribution >= 0.6 is 0 Å². The first-order valence-electron chi connectivity index (χ1n) is 11.7. The average molecular weight is 691 g/mol. The van der Waals surface area contributed by atoms with Crippen molar-refractivity contribution in [3.05, 3.63) is 20.8 Å². The van der Waals surface area contributed by atoms with Crippen molar-refractivity contribution in [3.63, 3.8) is 0 Å². The van der Waals surface area contributed by atoms with Crippen LogP contribution in [0.3, 0.4) is 0 Å². The molecule has 0 saturated heterocycles. The third-order valence-corrected chi connectivity index (χ3v) is 7.07. The summed E-state index contributed by atoms with van der Waals surface area (Å²) in [6.07, 6.45) is 5.09. The van der Waals surface area contributed by atoms with Crippen LogP contribution in [0.15, 0.2) is 20.8 Å². The van der Waals surface area contributed by atoms with Crippen LogP contribution in [0.25, 0.3) is 0 Å². The van der Waals surface area contributed by atoms with Crippen molar-refractivity contribution >= 4 is 76.4 Å². The average Bonchev–Trinajstić information content (AvgIpc) is 2.58. The Bertz CT molecular complexity index is 342. The molecule has 8 radical (unpaired) electrons. The predicted molar refractivity (Wildman–Crippen MR) is 160 cm³/mol. The molecule has 0 aromatic rings. The van der Waals surface area contributed by atoms with E-state index in [2.05, 4.69) is 96.8 Å². The quantitative estimate of drug-likeness (QED) is 0.259. The molecular weight excluding hydrogens is 635 g/mol. The van der Waals surface area contributed by atoms with Crippen LogP contribution in [-0.4, -0.2) is 76.4 Å². The number of allylic oxidation sites excluding steroid dienone is 4. The topological polar surface area (TPSA) is 0 Å². The molecule has 0 saturated carbocycles. The molecule has 1 heterocycles. The van der Waals surface area contributed by atoms with E-state index < -0.39 is 0 Å². The van der Waals surface area contributed by atoms with E-state index in [0.29, 0.717) is 0 Å². The van der Waals surface area contributed by atoms with Gasteiger partial charge in [0, 0.05) is 0 Å². The molecule has 0 bridgehead atoms. The summed E-state index contributed by atoms with van der Waals surface area (Å²) in [6.45, 7) is 9.25. The van der Waals surface area contributed by atoms with Gasteiger partial charge in [0.05, 0.1) is 0 Å². The zero-order valence-electron chi connectivity index (χ0n) is 23.8. The molecule has 1 aliphatic rings. The Balaban J connectivity index is -0.000000174. The summed E-state index contributed by atoms with van der Waals surface area (Å²) in [5, 5.41) is 7.06. The predicted octanol–water partition coefficient (Wildman–Crippen LogP) is 8.95. The monoisotopic (exact) mass is 696 g/mol. The fourth-order valence-corrected chi connectivity index (χ4v) is 5.37. The SMILES string of the molecule is CCC1=C(CC)[Si]C(CC)=C(CC)[Si]1.[CH3][Ge]([CH3])[CH3].[CH3][Ge]([CH3])[CH3].[CH3][Ge]([CH3])[CH3].[CH3][Ge]([CH3])[CH3]. The van der Waals surface area contributed by atoms with Crippen molar-refractivity contribution in [1.82, 2.24) is 0 Å². The Morgan fingerprint density at radius 3 is 0.533 bits per heavy atom. The summed E-state index contributed by atoms with van der Waals surface area (Å²) in [5.41, 5.74) is 0. The molecule has 0 atom stereocenters. The van der Waals surface area contributed by atoms with Gasteiger partial charge in [0.25, 0.3) is 0 Å². The van der Waals surface area contributed by atoms with Crippen molar-refractivity contribution in [2.24, 2.45) is 0 Å². The molecule has 176 valence electrons. The maximum absolute atomic E-state index is 2.33. The number of hydrogen-bond donors (Lipinski definition) is 0. The van der Waals surface area contributed by atoms with E-state index in [-0.39, 0.29) is 57.4 Å². The first-order valence-corrected chi connectivity index (χ1v) is 38.9. The Morgan fingerprint density at radius 1 is 0.367 bits per heavy atom. The first-order chi connectivity index (χ1) is 13.7. The Morgan fingerprint density at radius 2 is 0.467 bits per heavy atom. The first kappa shape index (κ1) is 39.3. The molecule has 6 heteroatoms. The van der Waals surface area contributed by atoms with Gasteiger partial charge < -0.3 is 0 Å². The van der Waals surface area contributed by atoms with Crippen molar-refractivity contribution in [2.45, 2.75) is 122 Å². The van der Waals surface area contributed by atoms with Crippen LogP contribution in [0.1, 0.15) is 53.4 Å². The summed E-state index contributed by atoms with van der Waals surface area (Å²) in [5.74, 6) is 28.0. The molecule has 0 aromatic heterocycles. The Labute approximate surface area is 217 Å². The summed E-state index contributed by atoms with van der Waals surface area (Å²) in [6, 6.07) is 0. The second-order valence-corrected chi connectivity index (χ2v) is 37.7. The Hall–Kier alpha value is 2.09. The van der Waals surface area contributed by atoms with Crippen LogP contribution in [0.4, 0.5) is 0 Å². The molecule has 30 heavy (non-hydrogen) atoms. The summed E-state index contributed by atoms with van der Waals surface area (Å²) in [7, 11) is 2.05. The minimum atomic E-state index is -0.333. The number of hydrogen-bond acceptors (Lipinski definition) is 0. The fraction of sp³-hybridized carbons (Fsp3) is 0.833. The zero-order chi connectivity index (χ0) is 24.9. The van der Waals surface area contributed by atoms with Crippen molar-refractivity contribution < 1.29 is 0 Å². The van der Waals surface area contributed by atoms with Crippen molar-refractivity contribution in [3.8, 4) is 0 Å². The van der Waals surface area contributed by atoms with Gasteiger partial charge in [-0.2, -0.15) is 0 Å². The van der Waals surface area contributed by atoms with Crippen molar-refractivity contribution in [1.29, 1.82) is 0 Å². The molecule has 0 amide bonds. The van der Waals surface area contributed by atoms with E-state index in [0.717, 1.165) is 19.0 Å². The van der Waals surface area contributed by atoms with Crippen LogP contribution < -0.4 is 0 Å². The second-order valence-electron chi connectivity index (χ2n) is 9.58. The van der Waals surface area contributed by atoms with Gasteiger partial charge in [-0.15, -0.1) is 0 Å². The van der Waals surface area contributed by atoms with Gasteiger partial charge in [0.2, 0.25) is 0 Å². The van der Waals surface area contributed by atoms with E-state index in [1.807, 2.05) is 0 Å². The van der Waals surface area contributed by atoms with Gasteiger partial charge in [-0.25, -0.2) is 0 Å². The zero-order valence-corrected chi connectivity index (χ0v) is 34.2. The van der Waals surface area contributed by atoms with Gasteiger partial charge in [-0.3, -0.25) is 0 Å². The summed E-state index contributed by atoms with van der Waals surface area (Å²) in [4.78, 5) is 0. The molecule has 1 rings (SSSR count). The third-order valence-electron chi connectivity index (χ3n) is 2.75. The molecule has 0 unspecified atom stereocenters. The molecule has 0 spiro atoms.